The lowest BCUT2D eigenvalue weighted by molar-refractivity contribution is 0.0600. The predicted molar refractivity (Wildman–Crippen MR) is 102 cm³/mol. The predicted octanol–water partition coefficient (Wildman–Crippen LogP) is 2.67. The molecule has 1 aromatic heterocycles. The molecule has 8 heteroatoms. The molecule has 1 aliphatic heterocycles. The number of aryl methyl sites for hydroxylation is 2. The Morgan fingerprint density at radius 1 is 1.00 bits per heavy atom. The summed E-state index contributed by atoms with van der Waals surface area (Å²) < 4.78 is 10.2. The number of carbonyl (C=O) groups excluding carboxylic acids is 3. The van der Waals surface area contributed by atoms with Crippen LogP contribution in [-0.4, -0.2) is 61.0 Å². The Morgan fingerprint density at radius 2 is 1.64 bits per heavy atom. The first-order valence-electron chi connectivity index (χ1n) is 9.00. The van der Waals surface area contributed by atoms with Crippen LogP contribution in [0, 0.1) is 13.8 Å². The molecular formula is C20H23N3O5. The van der Waals surface area contributed by atoms with Crippen LogP contribution in [0.3, 0.4) is 0 Å². The number of furan rings is 1. The van der Waals surface area contributed by atoms with Gasteiger partial charge in [0.2, 0.25) is 0 Å². The Morgan fingerprint density at radius 3 is 2.25 bits per heavy atom. The van der Waals surface area contributed by atoms with Crippen molar-refractivity contribution in [2.75, 3.05) is 38.6 Å². The van der Waals surface area contributed by atoms with Gasteiger partial charge >= 0.3 is 12.0 Å². The third-order valence-electron chi connectivity index (χ3n) is 4.70. The fraction of sp³-hybridized carbons (Fsp3) is 0.350. The standard InChI is InChI=1S/C20H23N3O5/c1-13-12-16(14(2)28-13)18(24)22-8-10-23(11-9-22)20(26)21-17-7-5-4-6-15(17)19(25)27-3/h4-7,12H,8-11H2,1-3H3,(H,21,26). The Kier molecular flexibility index (Phi) is 5.67. The average Bonchev–Trinajstić information content (AvgIpc) is 3.05. The largest absolute Gasteiger partial charge is 0.466 e. The summed E-state index contributed by atoms with van der Waals surface area (Å²) in [6.07, 6.45) is 0. The summed E-state index contributed by atoms with van der Waals surface area (Å²) in [6, 6.07) is 8.08. The summed E-state index contributed by atoms with van der Waals surface area (Å²) >= 11 is 0. The first kappa shape index (κ1) is 19.5. The maximum atomic E-state index is 12.6. The van der Waals surface area contributed by atoms with E-state index in [0.717, 1.165) is 0 Å². The maximum Gasteiger partial charge on any atom is 0.339 e. The Bertz CT molecular complexity index is 897. The van der Waals surface area contributed by atoms with Gasteiger partial charge in [-0.2, -0.15) is 0 Å². The number of urea groups is 1. The number of benzene rings is 1. The maximum absolute atomic E-state index is 12.6. The second-order valence-corrected chi connectivity index (χ2v) is 6.57. The van der Waals surface area contributed by atoms with E-state index in [0.29, 0.717) is 49.0 Å². The number of nitrogens with zero attached hydrogens (tertiary/aromatic N) is 2. The van der Waals surface area contributed by atoms with Crippen molar-refractivity contribution >= 4 is 23.6 Å². The van der Waals surface area contributed by atoms with Crippen molar-refractivity contribution < 1.29 is 23.5 Å². The van der Waals surface area contributed by atoms with Crippen LogP contribution in [0.25, 0.3) is 0 Å². The Balaban J connectivity index is 1.61. The minimum atomic E-state index is -0.517. The van der Waals surface area contributed by atoms with E-state index >= 15 is 0 Å². The molecular weight excluding hydrogens is 362 g/mol. The summed E-state index contributed by atoms with van der Waals surface area (Å²) in [5, 5.41) is 2.75. The zero-order valence-electron chi connectivity index (χ0n) is 16.2. The van der Waals surface area contributed by atoms with Crippen molar-refractivity contribution in [2.45, 2.75) is 13.8 Å². The summed E-state index contributed by atoms with van der Waals surface area (Å²) in [6.45, 7) is 5.21. The topological polar surface area (TPSA) is 92.1 Å². The molecule has 1 fully saturated rings. The van der Waals surface area contributed by atoms with Gasteiger partial charge < -0.3 is 24.3 Å². The number of carbonyl (C=O) groups is 3. The van der Waals surface area contributed by atoms with Crippen LogP contribution in [0.5, 0.6) is 0 Å². The number of ether oxygens (including phenoxy) is 1. The quantitative estimate of drug-likeness (QED) is 0.820. The van der Waals surface area contributed by atoms with E-state index in [9.17, 15) is 14.4 Å². The number of anilines is 1. The molecule has 0 spiro atoms. The first-order chi connectivity index (χ1) is 13.4. The molecule has 1 saturated heterocycles. The molecule has 3 amide bonds. The molecule has 2 aromatic rings. The molecule has 0 aliphatic carbocycles. The molecule has 28 heavy (non-hydrogen) atoms. The number of amides is 3. The number of piperazine rings is 1. The second-order valence-electron chi connectivity index (χ2n) is 6.57. The zero-order valence-corrected chi connectivity index (χ0v) is 16.2. The second kappa shape index (κ2) is 8.16. The van der Waals surface area contributed by atoms with Crippen LogP contribution in [0.15, 0.2) is 34.7 Å². The molecule has 0 saturated carbocycles. The lowest BCUT2D eigenvalue weighted by Gasteiger charge is -2.34. The SMILES string of the molecule is COC(=O)c1ccccc1NC(=O)N1CCN(C(=O)c2cc(C)oc2C)CC1. The lowest BCUT2D eigenvalue weighted by atomic mass is 10.2. The van der Waals surface area contributed by atoms with Gasteiger partial charge in [0.15, 0.2) is 0 Å². The highest BCUT2D eigenvalue weighted by Gasteiger charge is 2.27. The highest BCUT2D eigenvalue weighted by Crippen LogP contribution is 2.19. The summed E-state index contributed by atoms with van der Waals surface area (Å²) in [5.41, 5.74) is 1.24. The van der Waals surface area contributed by atoms with Gasteiger partial charge in [-0.3, -0.25) is 4.79 Å². The molecule has 1 aromatic carbocycles. The molecule has 0 radical (unpaired) electrons. The van der Waals surface area contributed by atoms with Crippen molar-refractivity contribution in [3.63, 3.8) is 0 Å². The van der Waals surface area contributed by atoms with E-state index in [1.165, 1.54) is 7.11 Å². The van der Waals surface area contributed by atoms with E-state index in [1.54, 1.807) is 54.0 Å². The van der Waals surface area contributed by atoms with Crippen LogP contribution in [-0.2, 0) is 4.74 Å². The number of para-hydroxylation sites is 1. The van der Waals surface area contributed by atoms with E-state index in [-0.39, 0.29) is 17.5 Å². The third-order valence-corrected chi connectivity index (χ3v) is 4.70. The highest BCUT2D eigenvalue weighted by molar-refractivity contribution is 6.01. The molecule has 8 nitrogen and oxygen atoms in total. The molecule has 1 N–H and O–H groups in total. The van der Waals surface area contributed by atoms with Crippen molar-refractivity contribution in [3.05, 3.63) is 53.0 Å². The van der Waals surface area contributed by atoms with Crippen LogP contribution in [0.4, 0.5) is 10.5 Å². The Hall–Kier alpha value is -3.29. The van der Waals surface area contributed by atoms with Crippen LogP contribution >= 0.6 is 0 Å². The molecule has 1 aliphatic rings. The van der Waals surface area contributed by atoms with Crippen molar-refractivity contribution in [2.24, 2.45) is 0 Å². The fourth-order valence-corrected chi connectivity index (χ4v) is 3.20. The smallest absolute Gasteiger partial charge is 0.339 e. The molecule has 2 heterocycles. The molecule has 148 valence electrons. The van der Waals surface area contributed by atoms with Gasteiger partial charge in [0.25, 0.3) is 5.91 Å². The van der Waals surface area contributed by atoms with Gasteiger partial charge in [-0.25, -0.2) is 9.59 Å². The molecule has 0 bridgehead atoms. The van der Waals surface area contributed by atoms with Crippen molar-refractivity contribution in [1.82, 2.24) is 9.80 Å². The van der Waals surface area contributed by atoms with Gasteiger partial charge in [-0.1, -0.05) is 12.1 Å². The molecule has 0 unspecified atom stereocenters. The summed E-state index contributed by atoms with van der Waals surface area (Å²) in [4.78, 5) is 40.4. The summed E-state index contributed by atoms with van der Waals surface area (Å²) in [7, 11) is 1.29. The fourth-order valence-electron chi connectivity index (χ4n) is 3.20. The highest BCUT2D eigenvalue weighted by atomic mass is 16.5. The zero-order chi connectivity index (χ0) is 20.3. The van der Waals surface area contributed by atoms with Crippen molar-refractivity contribution in [1.29, 1.82) is 0 Å². The average molecular weight is 385 g/mol. The number of rotatable bonds is 3. The van der Waals surface area contributed by atoms with Crippen LogP contribution < -0.4 is 5.32 Å². The molecule has 3 rings (SSSR count). The number of hydrogen-bond acceptors (Lipinski definition) is 5. The van der Waals surface area contributed by atoms with Gasteiger partial charge in [-0.15, -0.1) is 0 Å². The monoisotopic (exact) mass is 385 g/mol. The van der Waals surface area contributed by atoms with Gasteiger partial charge in [0, 0.05) is 26.2 Å². The van der Waals surface area contributed by atoms with Crippen LogP contribution in [0.2, 0.25) is 0 Å². The minimum absolute atomic E-state index is 0.0922. The molecule has 0 atom stereocenters. The van der Waals surface area contributed by atoms with E-state index in [4.69, 9.17) is 9.15 Å². The van der Waals surface area contributed by atoms with Gasteiger partial charge in [0.05, 0.1) is 23.9 Å². The van der Waals surface area contributed by atoms with Gasteiger partial charge in [-0.05, 0) is 32.0 Å². The third kappa shape index (κ3) is 4.00. The number of nitrogens with one attached hydrogen (secondary N) is 1. The normalized spacial score (nSPS) is 14.0. The van der Waals surface area contributed by atoms with Crippen molar-refractivity contribution in [3.8, 4) is 0 Å². The van der Waals surface area contributed by atoms with Gasteiger partial charge in [0.1, 0.15) is 11.5 Å². The number of methoxy groups -OCH3 is 1. The minimum Gasteiger partial charge on any atom is -0.466 e. The number of hydrogen-bond donors (Lipinski definition) is 1. The first-order valence-corrected chi connectivity index (χ1v) is 9.00. The van der Waals surface area contributed by atoms with E-state index in [1.807, 2.05) is 0 Å². The Labute approximate surface area is 163 Å². The van der Waals surface area contributed by atoms with E-state index < -0.39 is 5.97 Å². The van der Waals surface area contributed by atoms with E-state index in [2.05, 4.69) is 5.32 Å². The number of esters is 1. The lowest BCUT2D eigenvalue weighted by Crippen LogP contribution is -2.51. The summed E-state index contributed by atoms with van der Waals surface area (Å²) in [5.74, 6) is 0.688. The van der Waals surface area contributed by atoms with Crippen LogP contribution in [0.1, 0.15) is 32.2 Å².